The Morgan fingerprint density at radius 3 is 2.44 bits per heavy atom. The summed E-state index contributed by atoms with van der Waals surface area (Å²) in [5, 5.41) is 0. The summed E-state index contributed by atoms with van der Waals surface area (Å²) in [7, 11) is 0. The highest BCUT2D eigenvalue weighted by Crippen LogP contribution is 2.13. The van der Waals surface area contributed by atoms with E-state index in [9.17, 15) is 4.79 Å². The van der Waals surface area contributed by atoms with Gasteiger partial charge in [-0.3, -0.25) is 4.79 Å². The van der Waals surface area contributed by atoms with E-state index in [1.54, 1.807) is 0 Å². The molecule has 0 amide bonds. The molecule has 0 radical (unpaired) electrons. The zero-order chi connectivity index (χ0) is 12.0. The highest BCUT2D eigenvalue weighted by Gasteiger charge is 2.13. The number of hydrogen-bond acceptors (Lipinski definition) is 2. The third-order valence-electron chi connectivity index (χ3n) is 2.82. The fourth-order valence-corrected chi connectivity index (χ4v) is 1.79. The Labute approximate surface area is 97.9 Å². The molecule has 2 heteroatoms. The van der Waals surface area contributed by atoms with Gasteiger partial charge < -0.3 is 5.73 Å². The normalized spacial score (nSPS) is 12.4. The predicted molar refractivity (Wildman–Crippen MR) is 67.6 cm³/mol. The quantitative estimate of drug-likeness (QED) is 0.748. The second-order valence-corrected chi connectivity index (χ2v) is 4.29. The van der Waals surface area contributed by atoms with Crippen LogP contribution in [0.5, 0.6) is 0 Å². The summed E-state index contributed by atoms with van der Waals surface area (Å²) in [5.41, 5.74) is 7.56. The molecule has 0 bridgehead atoms. The first kappa shape index (κ1) is 12.9. The standard InChI is InChI=1S/C14H21NO/c1-3-4-12-5-7-13(8-6-12)14(16)11(2)9-10-15/h5-8,11H,3-4,9-10,15H2,1-2H3. The number of carbonyl (C=O) groups excluding carboxylic acids is 1. The molecule has 0 saturated carbocycles. The van der Waals surface area contributed by atoms with Crippen molar-refractivity contribution in [2.24, 2.45) is 11.7 Å². The lowest BCUT2D eigenvalue weighted by atomic mass is 9.95. The minimum absolute atomic E-state index is 0.0297. The van der Waals surface area contributed by atoms with Crippen LogP contribution in [-0.4, -0.2) is 12.3 Å². The highest BCUT2D eigenvalue weighted by molar-refractivity contribution is 5.97. The summed E-state index contributed by atoms with van der Waals surface area (Å²) >= 11 is 0. The van der Waals surface area contributed by atoms with Gasteiger partial charge >= 0.3 is 0 Å². The fourth-order valence-electron chi connectivity index (χ4n) is 1.79. The Hall–Kier alpha value is -1.15. The Morgan fingerprint density at radius 2 is 1.94 bits per heavy atom. The van der Waals surface area contributed by atoms with Gasteiger partial charge in [-0.15, -0.1) is 0 Å². The maximum Gasteiger partial charge on any atom is 0.165 e. The Balaban J connectivity index is 2.69. The van der Waals surface area contributed by atoms with Gasteiger partial charge in [0.25, 0.3) is 0 Å². The van der Waals surface area contributed by atoms with Crippen molar-refractivity contribution in [2.45, 2.75) is 33.1 Å². The van der Waals surface area contributed by atoms with Gasteiger partial charge in [0.2, 0.25) is 0 Å². The van der Waals surface area contributed by atoms with E-state index in [-0.39, 0.29) is 11.7 Å². The zero-order valence-electron chi connectivity index (χ0n) is 10.2. The summed E-state index contributed by atoms with van der Waals surface area (Å²) in [6.45, 7) is 4.67. The number of ketones is 1. The first-order valence-electron chi connectivity index (χ1n) is 6.02. The lowest BCUT2D eigenvalue weighted by Crippen LogP contribution is -2.15. The van der Waals surface area contributed by atoms with E-state index in [0.717, 1.165) is 24.8 Å². The molecule has 2 nitrogen and oxygen atoms in total. The lowest BCUT2D eigenvalue weighted by molar-refractivity contribution is 0.0925. The first-order valence-corrected chi connectivity index (χ1v) is 6.02. The van der Waals surface area contributed by atoms with Crippen LogP contribution < -0.4 is 5.73 Å². The van der Waals surface area contributed by atoms with Crippen LogP contribution >= 0.6 is 0 Å². The molecule has 16 heavy (non-hydrogen) atoms. The molecule has 1 unspecified atom stereocenters. The van der Waals surface area contributed by atoms with Gasteiger partial charge in [0.1, 0.15) is 0 Å². The summed E-state index contributed by atoms with van der Waals surface area (Å²) < 4.78 is 0. The smallest absolute Gasteiger partial charge is 0.165 e. The molecule has 1 atom stereocenters. The molecule has 0 aliphatic carbocycles. The molecule has 1 aromatic rings. The van der Waals surface area contributed by atoms with Gasteiger partial charge in [-0.05, 0) is 24.9 Å². The number of aryl methyl sites for hydroxylation is 1. The highest BCUT2D eigenvalue weighted by atomic mass is 16.1. The van der Waals surface area contributed by atoms with Gasteiger partial charge in [-0.25, -0.2) is 0 Å². The molecule has 1 aromatic carbocycles. The van der Waals surface area contributed by atoms with E-state index in [4.69, 9.17) is 5.73 Å². The molecule has 0 aliphatic heterocycles. The number of carbonyl (C=O) groups is 1. The van der Waals surface area contributed by atoms with Gasteiger partial charge in [0.05, 0.1) is 0 Å². The SMILES string of the molecule is CCCc1ccc(C(=O)C(C)CCN)cc1. The summed E-state index contributed by atoms with van der Waals surface area (Å²) in [5.74, 6) is 0.232. The van der Waals surface area contributed by atoms with Gasteiger partial charge in [-0.2, -0.15) is 0 Å². The Bertz CT molecular complexity index is 329. The number of Topliss-reactive ketones (excluding diaryl/α,β-unsaturated/α-hetero) is 1. The van der Waals surface area contributed by atoms with Gasteiger partial charge in [-0.1, -0.05) is 44.5 Å². The van der Waals surface area contributed by atoms with Crippen LogP contribution in [0.3, 0.4) is 0 Å². The maximum absolute atomic E-state index is 11.9. The fraction of sp³-hybridized carbons (Fsp3) is 0.500. The minimum atomic E-state index is 0.0297. The van der Waals surface area contributed by atoms with Crippen LogP contribution in [-0.2, 0) is 6.42 Å². The van der Waals surface area contributed by atoms with E-state index in [1.807, 2.05) is 31.2 Å². The topological polar surface area (TPSA) is 43.1 Å². The number of benzene rings is 1. The molecule has 1 rings (SSSR count). The first-order chi connectivity index (χ1) is 7.69. The minimum Gasteiger partial charge on any atom is -0.330 e. The van der Waals surface area contributed by atoms with Gasteiger partial charge in [0, 0.05) is 11.5 Å². The Morgan fingerprint density at radius 1 is 1.31 bits per heavy atom. The van der Waals surface area contributed by atoms with Gasteiger partial charge in [0.15, 0.2) is 5.78 Å². The molecule has 0 saturated heterocycles. The lowest BCUT2D eigenvalue weighted by Gasteiger charge is -2.09. The third-order valence-corrected chi connectivity index (χ3v) is 2.82. The van der Waals surface area contributed by atoms with Crippen molar-refractivity contribution in [3.8, 4) is 0 Å². The summed E-state index contributed by atoms with van der Waals surface area (Å²) in [6, 6.07) is 7.96. The second kappa shape index (κ2) is 6.44. The molecule has 0 spiro atoms. The number of hydrogen-bond donors (Lipinski definition) is 1. The van der Waals surface area contributed by atoms with Crippen molar-refractivity contribution < 1.29 is 4.79 Å². The van der Waals surface area contributed by atoms with Crippen molar-refractivity contribution in [3.63, 3.8) is 0 Å². The average molecular weight is 219 g/mol. The molecule has 0 aromatic heterocycles. The molecule has 0 aliphatic rings. The van der Waals surface area contributed by atoms with Crippen molar-refractivity contribution in [1.29, 1.82) is 0 Å². The zero-order valence-corrected chi connectivity index (χ0v) is 10.2. The van der Waals surface area contributed by atoms with E-state index < -0.39 is 0 Å². The third kappa shape index (κ3) is 3.46. The van der Waals surface area contributed by atoms with Crippen molar-refractivity contribution in [1.82, 2.24) is 0 Å². The Kier molecular flexibility index (Phi) is 5.20. The average Bonchev–Trinajstić information content (AvgIpc) is 2.30. The molecule has 0 heterocycles. The van der Waals surface area contributed by atoms with Crippen LogP contribution in [0.4, 0.5) is 0 Å². The monoisotopic (exact) mass is 219 g/mol. The molecular formula is C14H21NO. The van der Waals surface area contributed by atoms with Crippen LogP contribution in [0, 0.1) is 5.92 Å². The molecule has 0 fully saturated rings. The largest absolute Gasteiger partial charge is 0.330 e. The molecule has 88 valence electrons. The summed E-state index contributed by atoms with van der Waals surface area (Å²) in [6.07, 6.45) is 2.97. The number of rotatable bonds is 6. The van der Waals surface area contributed by atoms with Crippen molar-refractivity contribution >= 4 is 5.78 Å². The molecule has 2 N–H and O–H groups in total. The second-order valence-electron chi connectivity index (χ2n) is 4.29. The van der Waals surface area contributed by atoms with Crippen LogP contribution in [0.2, 0.25) is 0 Å². The van der Waals surface area contributed by atoms with Crippen molar-refractivity contribution in [3.05, 3.63) is 35.4 Å². The number of nitrogens with two attached hydrogens (primary N) is 1. The molecular weight excluding hydrogens is 198 g/mol. The van der Waals surface area contributed by atoms with Crippen LogP contribution in [0.25, 0.3) is 0 Å². The van der Waals surface area contributed by atoms with Crippen LogP contribution in [0.15, 0.2) is 24.3 Å². The van der Waals surface area contributed by atoms with Crippen LogP contribution in [0.1, 0.15) is 42.6 Å². The van der Waals surface area contributed by atoms with E-state index >= 15 is 0 Å². The van der Waals surface area contributed by atoms with E-state index in [1.165, 1.54) is 5.56 Å². The van der Waals surface area contributed by atoms with E-state index in [2.05, 4.69) is 6.92 Å². The van der Waals surface area contributed by atoms with E-state index in [0.29, 0.717) is 6.54 Å². The predicted octanol–water partition coefficient (Wildman–Crippen LogP) is 2.81. The maximum atomic E-state index is 11.9. The summed E-state index contributed by atoms with van der Waals surface area (Å²) in [4.78, 5) is 11.9. The van der Waals surface area contributed by atoms with Crippen molar-refractivity contribution in [2.75, 3.05) is 6.54 Å².